The van der Waals surface area contributed by atoms with E-state index < -0.39 is 5.97 Å². The van der Waals surface area contributed by atoms with Gasteiger partial charge in [-0.1, -0.05) is 0 Å². The van der Waals surface area contributed by atoms with Crippen LogP contribution in [0.1, 0.15) is 45.4 Å². The van der Waals surface area contributed by atoms with Gasteiger partial charge in [-0.2, -0.15) is 0 Å². The van der Waals surface area contributed by atoms with E-state index in [1.807, 2.05) is 11.8 Å². The van der Waals surface area contributed by atoms with Crippen molar-refractivity contribution in [1.82, 2.24) is 10.2 Å². The molecule has 0 radical (unpaired) electrons. The van der Waals surface area contributed by atoms with E-state index in [9.17, 15) is 9.59 Å². The topological polar surface area (TPSA) is 69.6 Å². The Morgan fingerprint density at radius 1 is 1.16 bits per heavy atom. The Balaban J connectivity index is 1.75. The lowest BCUT2D eigenvalue weighted by molar-refractivity contribution is -0.143. The molecular weight excluding hydrogens is 244 g/mol. The molecule has 1 aliphatic carbocycles. The van der Waals surface area contributed by atoms with Gasteiger partial charge in [0.15, 0.2) is 0 Å². The van der Waals surface area contributed by atoms with E-state index in [-0.39, 0.29) is 23.9 Å². The number of aliphatic carboxylic acids is 1. The van der Waals surface area contributed by atoms with Crippen LogP contribution in [0.15, 0.2) is 0 Å². The number of likely N-dealkylation sites (tertiary alicyclic amines) is 1. The van der Waals surface area contributed by atoms with Crippen LogP contribution in [-0.2, 0) is 9.59 Å². The van der Waals surface area contributed by atoms with Gasteiger partial charge in [-0.3, -0.25) is 9.59 Å². The third kappa shape index (κ3) is 3.69. The molecule has 2 rings (SSSR count). The quantitative estimate of drug-likeness (QED) is 0.804. The molecule has 1 saturated heterocycles. The second-order valence-corrected chi connectivity index (χ2v) is 5.81. The minimum Gasteiger partial charge on any atom is -0.481 e. The lowest BCUT2D eigenvalue weighted by atomic mass is 9.86. The zero-order valence-electron chi connectivity index (χ0n) is 11.6. The SMILES string of the molecule is CC(NC1CCC(C(=O)O)CC1)C(=O)N1CCCC1. The molecule has 108 valence electrons. The first-order valence-corrected chi connectivity index (χ1v) is 7.35. The molecule has 1 amide bonds. The van der Waals surface area contributed by atoms with Crippen LogP contribution in [0.2, 0.25) is 0 Å². The number of nitrogens with zero attached hydrogens (tertiary/aromatic N) is 1. The normalized spacial score (nSPS) is 29.2. The summed E-state index contributed by atoms with van der Waals surface area (Å²) in [5, 5.41) is 12.3. The van der Waals surface area contributed by atoms with Crippen LogP contribution in [-0.4, -0.2) is 47.1 Å². The Morgan fingerprint density at radius 2 is 1.74 bits per heavy atom. The van der Waals surface area contributed by atoms with Gasteiger partial charge in [-0.15, -0.1) is 0 Å². The van der Waals surface area contributed by atoms with E-state index in [1.165, 1.54) is 0 Å². The van der Waals surface area contributed by atoms with Crippen LogP contribution >= 0.6 is 0 Å². The molecule has 0 aromatic heterocycles. The van der Waals surface area contributed by atoms with Crippen molar-refractivity contribution in [3.63, 3.8) is 0 Å². The first-order chi connectivity index (χ1) is 9.08. The molecule has 0 bridgehead atoms. The smallest absolute Gasteiger partial charge is 0.306 e. The molecule has 1 unspecified atom stereocenters. The summed E-state index contributed by atoms with van der Waals surface area (Å²) in [6, 6.07) is 0.140. The highest BCUT2D eigenvalue weighted by atomic mass is 16.4. The monoisotopic (exact) mass is 268 g/mol. The second kappa shape index (κ2) is 6.37. The fourth-order valence-corrected chi connectivity index (χ4v) is 3.14. The minimum atomic E-state index is -0.681. The highest BCUT2D eigenvalue weighted by Crippen LogP contribution is 2.24. The number of hydrogen-bond acceptors (Lipinski definition) is 3. The van der Waals surface area contributed by atoms with Gasteiger partial charge in [-0.05, 0) is 45.4 Å². The highest BCUT2D eigenvalue weighted by Gasteiger charge is 2.29. The second-order valence-electron chi connectivity index (χ2n) is 5.81. The van der Waals surface area contributed by atoms with E-state index in [4.69, 9.17) is 5.11 Å². The van der Waals surface area contributed by atoms with Crippen molar-refractivity contribution in [2.24, 2.45) is 5.92 Å². The largest absolute Gasteiger partial charge is 0.481 e. The fraction of sp³-hybridized carbons (Fsp3) is 0.857. The summed E-state index contributed by atoms with van der Waals surface area (Å²) in [5.41, 5.74) is 0. The molecule has 1 atom stereocenters. The Bertz CT molecular complexity index is 332. The van der Waals surface area contributed by atoms with Gasteiger partial charge in [0.1, 0.15) is 0 Å². The molecule has 1 heterocycles. The van der Waals surface area contributed by atoms with Crippen molar-refractivity contribution in [3.8, 4) is 0 Å². The van der Waals surface area contributed by atoms with Gasteiger partial charge in [-0.25, -0.2) is 0 Å². The molecular formula is C14H24N2O3. The Kier molecular flexibility index (Phi) is 4.80. The predicted octanol–water partition coefficient (Wildman–Crippen LogP) is 1.23. The van der Waals surface area contributed by atoms with E-state index >= 15 is 0 Å². The van der Waals surface area contributed by atoms with Gasteiger partial charge in [0.05, 0.1) is 12.0 Å². The predicted molar refractivity (Wildman–Crippen MR) is 71.8 cm³/mol. The maximum absolute atomic E-state index is 12.2. The van der Waals surface area contributed by atoms with E-state index in [0.29, 0.717) is 0 Å². The van der Waals surface area contributed by atoms with Gasteiger partial charge in [0, 0.05) is 19.1 Å². The maximum Gasteiger partial charge on any atom is 0.306 e. The highest BCUT2D eigenvalue weighted by molar-refractivity contribution is 5.81. The summed E-state index contributed by atoms with van der Waals surface area (Å²) >= 11 is 0. The Labute approximate surface area is 114 Å². The standard InChI is InChI=1S/C14H24N2O3/c1-10(13(17)16-8-2-3-9-16)15-12-6-4-11(5-7-12)14(18)19/h10-12,15H,2-9H2,1H3,(H,18,19). The average Bonchev–Trinajstić information content (AvgIpc) is 2.92. The molecule has 0 spiro atoms. The number of rotatable bonds is 4. The van der Waals surface area contributed by atoms with Crippen molar-refractivity contribution >= 4 is 11.9 Å². The Morgan fingerprint density at radius 3 is 2.26 bits per heavy atom. The molecule has 1 aliphatic heterocycles. The number of nitrogens with one attached hydrogen (secondary N) is 1. The zero-order chi connectivity index (χ0) is 13.8. The van der Waals surface area contributed by atoms with Gasteiger partial charge in [0.2, 0.25) is 5.91 Å². The Hall–Kier alpha value is -1.10. The summed E-state index contributed by atoms with van der Waals surface area (Å²) in [4.78, 5) is 25.0. The number of carbonyl (C=O) groups is 2. The number of amides is 1. The first kappa shape index (κ1) is 14.3. The number of carboxylic acid groups (broad SMARTS) is 1. The van der Waals surface area contributed by atoms with Crippen LogP contribution in [0.25, 0.3) is 0 Å². The molecule has 5 heteroatoms. The molecule has 1 saturated carbocycles. The van der Waals surface area contributed by atoms with Crippen molar-refractivity contribution < 1.29 is 14.7 Å². The van der Waals surface area contributed by atoms with Gasteiger partial charge < -0.3 is 15.3 Å². The van der Waals surface area contributed by atoms with E-state index in [1.54, 1.807) is 0 Å². The van der Waals surface area contributed by atoms with Crippen LogP contribution < -0.4 is 5.32 Å². The molecule has 0 aromatic rings. The van der Waals surface area contributed by atoms with Crippen molar-refractivity contribution in [2.75, 3.05) is 13.1 Å². The minimum absolute atomic E-state index is 0.149. The maximum atomic E-state index is 12.2. The average molecular weight is 268 g/mol. The summed E-state index contributed by atoms with van der Waals surface area (Å²) in [5.74, 6) is -0.680. The molecule has 2 fully saturated rings. The molecule has 2 aliphatic rings. The summed E-state index contributed by atoms with van der Waals surface area (Å²) in [6.07, 6.45) is 5.38. The third-order valence-corrected chi connectivity index (χ3v) is 4.35. The zero-order valence-corrected chi connectivity index (χ0v) is 11.6. The van der Waals surface area contributed by atoms with E-state index in [0.717, 1.165) is 51.6 Å². The number of carboxylic acids is 1. The fourth-order valence-electron chi connectivity index (χ4n) is 3.14. The van der Waals surface area contributed by atoms with E-state index in [2.05, 4.69) is 5.32 Å². The first-order valence-electron chi connectivity index (χ1n) is 7.35. The molecule has 2 N–H and O–H groups in total. The number of carbonyl (C=O) groups excluding carboxylic acids is 1. The van der Waals surface area contributed by atoms with Crippen LogP contribution in [0.5, 0.6) is 0 Å². The van der Waals surface area contributed by atoms with Crippen LogP contribution in [0.4, 0.5) is 0 Å². The van der Waals surface area contributed by atoms with Gasteiger partial charge >= 0.3 is 5.97 Å². The van der Waals surface area contributed by atoms with Crippen LogP contribution in [0, 0.1) is 5.92 Å². The summed E-state index contributed by atoms with van der Waals surface area (Å²) in [7, 11) is 0. The lowest BCUT2D eigenvalue weighted by Gasteiger charge is -2.30. The van der Waals surface area contributed by atoms with Crippen molar-refractivity contribution in [2.45, 2.75) is 57.5 Å². The van der Waals surface area contributed by atoms with Gasteiger partial charge in [0.25, 0.3) is 0 Å². The van der Waals surface area contributed by atoms with Crippen molar-refractivity contribution in [3.05, 3.63) is 0 Å². The molecule has 0 aromatic carbocycles. The lowest BCUT2D eigenvalue weighted by Crippen LogP contribution is -2.48. The molecule has 5 nitrogen and oxygen atoms in total. The van der Waals surface area contributed by atoms with Crippen LogP contribution in [0.3, 0.4) is 0 Å². The number of hydrogen-bond donors (Lipinski definition) is 2. The molecule has 19 heavy (non-hydrogen) atoms. The summed E-state index contributed by atoms with van der Waals surface area (Å²) < 4.78 is 0. The third-order valence-electron chi connectivity index (χ3n) is 4.35. The summed E-state index contributed by atoms with van der Waals surface area (Å²) in [6.45, 7) is 3.69. The van der Waals surface area contributed by atoms with Crippen molar-refractivity contribution in [1.29, 1.82) is 0 Å².